The number of amides is 2. The molecule has 1 aliphatic rings. The Hall–Kier alpha value is -3.23. The predicted octanol–water partition coefficient (Wildman–Crippen LogP) is 2.24. The summed E-state index contributed by atoms with van der Waals surface area (Å²) in [6.45, 7) is 0.134. The number of hydrogen-bond acceptors (Lipinski definition) is 4. The first-order valence-electron chi connectivity index (χ1n) is 7.57. The third-order valence-electron chi connectivity index (χ3n) is 3.53. The summed E-state index contributed by atoms with van der Waals surface area (Å²) in [5.41, 5.74) is -0.356. The molecular formula is C17H13F3N2O4. The predicted molar refractivity (Wildman–Crippen MR) is 84.7 cm³/mol. The summed E-state index contributed by atoms with van der Waals surface area (Å²) in [5.74, 6) is -5.32. The Labute approximate surface area is 145 Å². The maximum Gasteiger partial charge on any atom is 0.255 e. The smallest absolute Gasteiger partial charge is 0.255 e. The largest absolute Gasteiger partial charge is 0.486 e. The molecule has 1 heterocycles. The highest BCUT2D eigenvalue weighted by Gasteiger charge is 2.21. The number of ether oxygens (including phenoxy) is 2. The van der Waals surface area contributed by atoms with Crippen molar-refractivity contribution in [3.63, 3.8) is 0 Å². The lowest BCUT2D eigenvalue weighted by molar-refractivity contribution is -0.115. The van der Waals surface area contributed by atoms with Crippen molar-refractivity contribution in [3.8, 4) is 11.5 Å². The van der Waals surface area contributed by atoms with Gasteiger partial charge in [0.05, 0.1) is 17.8 Å². The van der Waals surface area contributed by atoms with E-state index in [1.807, 2.05) is 0 Å². The van der Waals surface area contributed by atoms with Gasteiger partial charge in [-0.25, -0.2) is 13.2 Å². The molecule has 0 spiro atoms. The Bertz CT molecular complexity index is 873. The van der Waals surface area contributed by atoms with Crippen molar-refractivity contribution >= 4 is 17.5 Å². The van der Waals surface area contributed by atoms with Crippen LogP contribution in [0.1, 0.15) is 10.4 Å². The lowest BCUT2D eigenvalue weighted by Gasteiger charge is -2.20. The molecule has 2 N–H and O–H groups in total. The third-order valence-corrected chi connectivity index (χ3v) is 3.53. The molecule has 26 heavy (non-hydrogen) atoms. The minimum absolute atomic E-state index is 0.175. The Kier molecular flexibility index (Phi) is 4.97. The van der Waals surface area contributed by atoms with Gasteiger partial charge in [-0.2, -0.15) is 0 Å². The van der Waals surface area contributed by atoms with Crippen LogP contribution < -0.4 is 20.1 Å². The van der Waals surface area contributed by atoms with E-state index >= 15 is 0 Å². The molecule has 2 aromatic rings. The second-order valence-corrected chi connectivity index (χ2v) is 5.28. The van der Waals surface area contributed by atoms with Crippen LogP contribution in [0.3, 0.4) is 0 Å². The van der Waals surface area contributed by atoms with Crippen LogP contribution in [0.4, 0.5) is 18.9 Å². The van der Waals surface area contributed by atoms with Crippen molar-refractivity contribution < 1.29 is 32.2 Å². The number of halogens is 3. The number of para-hydroxylation sites is 1. The van der Waals surface area contributed by atoms with E-state index in [4.69, 9.17) is 9.47 Å². The summed E-state index contributed by atoms with van der Waals surface area (Å²) < 4.78 is 50.3. The zero-order chi connectivity index (χ0) is 18.7. The first kappa shape index (κ1) is 17.6. The second kappa shape index (κ2) is 7.34. The highest BCUT2D eigenvalue weighted by atomic mass is 19.2. The Morgan fingerprint density at radius 1 is 1.00 bits per heavy atom. The van der Waals surface area contributed by atoms with Crippen LogP contribution in [-0.4, -0.2) is 31.6 Å². The highest BCUT2D eigenvalue weighted by molar-refractivity contribution is 6.01. The van der Waals surface area contributed by atoms with Crippen molar-refractivity contribution in [2.24, 2.45) is 0 Å². The average molecular weight is 366 g/mol. The summed E-state index contributed by atoms with van der Waals surface area (Å²) >= 11 is 0. The van der Waals surface area contributed by atoms with E-state index in [-0.39, 0.29) is 17.9 Å². The fraction of sp³-hybridized carbons (Fsp3) is 0.176. The number of carbonyl (C=O) groups is 2. The molecule has 0 radical (unpaired) electrons. The first-order chi connectivity index (χ1) is 12.5. The molecule has 0 unspecified atom stereocenters. The van der Waals surface area contributed by atoms with Crippen molar-refractivity contribution in [1.82, 2.24) is 5.32 Å². The molecule has 0 aromatic heterocycles. The summed E-state index contributed by atoms with van der Waals surface area (Å²) in [7, 11) is 0. The number of carbonyl (C=O) groups excluding carboxylic acids is 2. The van der Waals surface area contributed by atoms with E-state index in [0.29, 0.717) is 18.4 Å². The van der Waals surface area contributed by atoms with Crippen molar-refractivity contribution in [2.45, 2.75) is 0 Å². The van der Waals surface area contributed by atoms with E-state index in [9.17, 15) is 22.8 Å². The maximum atomic E-state index is 13.5. The number of benzene rings is 2. The van der Waals surface area contributed by atoms with Gasteiger partial charge in [0, 0.05) is 0 Å². The molecule has 2 amide bonds. The monoisotopic (exact) mass is 366 g/mol. The van der Waals surface area contributed by atoms with E-state index < -0.39 is 41.5 Å². The summed E-state index contributed by atoms with van der Waals surface area (Å²) in [6, 6.07) is 6.30. The number of rotatable bonds is 4. The number of nitrogens with one attached hydrogen (secondary N) is 2. The number of anilines is 1. The molecule has 3 rings (SSSR count). The highest BCUT2D eigenvalue weighted by Crippen LogP contribution is 2.33. The number of hydrogen-bond donors (Lipinski definition) is 2. The molecule has 0 aliphatic carbocycles. The molecule has 0 atom stereocenters. The average Bonchev–Trinajstić information content (AvgIpc) is 2.66. The van der Waals surface area contributed by atoms with Gasteiger partial charge in [0.25, 0.3) is 5.91 Å². The molecule has 0 saturated heterocycles. The molecule has 9 heteroatoms. The van der Waals surface area contributed by atoms with Crippen LogP contribution >= 0.6 is 0 Å². The normalized spacial score (nSPS) is 12.4. The van der Waals surface area contributed by atoms with Crippen molar-refractivity contribution in [3.05, 3.63) is 53.3 Å². The van der Waals surface area contributed by atoms with Gasteiger partial charge in [0.15, 0.2) is 29.0 Å². The summed E-state index contributed by atoms with van der Waals surface area (Å²) in [5, 5.41) is 4.39. The summed E-state index contributed by atoms with van der Waals surface area (Å²) in [4.78, 5) is 24.0. The maximum absolute atomic E-state index is 13.5. The van der Waals surface area contributed by atoms with Gasteiger partial charge in [-0.15, -0.1) is 0 Å². The van der Waals surface area contributed by atoms with Gasteiger partial charge in [-0.3, -0.25) is 9.59 Å². The van der Waals surface area contributed by atoms with Crippen molar-refractivity contribution in [2.75, 3.05) is 25.1 Å². The quantitative estimate of drug-likeness (QED) is 0.814. The molecular weight excluding hydrogens is 353 g/mol. The standard InChI is InChI=1S/C17H13F3N2O4/c18-10-4-5-11(15(20)14(10)19)22-13(23)8-21-17(24)9-2-1-3-12-16(9)26-7-6-25-12/h1-5H,6-8H2,(H,21,24)(H,22,23). The van der Waals surface area contributed by atoms with Crippen LogP contribution in [0.5, 0.6) is 11.5 Å². The van der Waals surface area contributed by atoms with E-state index in [2.05, 4.69) is 10.6 Å². The van der Waals surface area contributed by atoms with Crippen LogP contribution in [0, 0.1) is 17.5 Å². The zero-order valence-electron chi connectivity index (χ0n) is 13.3. The van der Waals surface area contributed by atoms with Gasteiger partial charge in [0.2, 0.25) is 5.91 Å². The lowest BCUT2D eigenvalue weighted by atomic mass is 10.1. The molecule has 0 bridgehead atoms. The minimum Gasteiger partial charge on any atom is -0.486 e. The fourth-order valence-corrected chi connectivity index (χ4v) is 2.33. The Balaban J connectivity index is 1.63. The zero-order valence-corrected chi connectivity index (χ0v) is 13.3. The molecule has 136 valence electrons. The van der Waals surface area contributed by atoms with Gasteiger partial charge < -0.3 is 20.1 Å². The third kappa shape index (κ3) is 3.56. The van der Waals surface area contributed by atoms with Gasteiger partial charge >= 0.3 is 0 Å². The minimum atomic E-state index is -1.69. The molecule has 6 nitrogen and oxygen atoms in total. The first-order valence-corrected chi connectivity index (χ1v) is 7.57. The van der Waals surface area contributed by atoms with Gasteiger partial charge in [0.1, 0.15) is 13.2 Å². The van der Waals surface area contributed by atoms with Crippen molar-refractivity contribution in [1.29, 1.82) is 0 Å². The van der Waals surface area contributed by atoms with Gasteiger partial charge in [-0.1, -0.05) is 6.07 Å². The van der Waals surface area contributed by atoms with E-state index in [0.717, 1.165) is 6.07 Å². The Morgan fingerprint density at radius 3 is 2.58 bits per heavy atom. The van der Waals surface area contributed by atoms with E-state index in [1.54, 1.807) is 12.1 Å². The summed E-state index contributed by atoms with van der Waals surface area (Å²) in [6.07, 6.45) is 0. The molecule has 0 fully saturated rings. The van der Waals surface area contributed by atoms with Gasteiger partial charge in [-0.05, 0) is 24.3 Å². The molecule has 2 aromatic carbocycles. The second-order valence-electron chi connectivity index (χ2n) is 5.28. The van der Waals surface area contributed by atoms with Crippen LogP contribution in [0.15, 0.2) is 30.3 Å². The number of fused-ring (bicyclic) bond motifs is 1. The fourth-order valence-electron chi connectivity index (χ4n) is 2.33. The lowest BCUT2D eigenvalue weighted by Crippen LogP contribution is -2.33. The molecule has 0 saturated carbocycles. The topological polar surface area (TPSA) is 76.7 Å². The molecule has 1 aliphatic heterocycles. The Morgan fingerprint density at radius 2 is 1.77 bits per heavy atom. The van der Waals surface area contributed by atoms with Crippen LogP contribution in [0.2, 0.25) is 0 Å². The van der Waals surface area contributed by atoms with Crippen LogP contribution in [-0.2, 0) is 4.79 Å². The van der Waals surface area contributed by atoms with Crippen LogP contribution in [0.25, 0.3) is 0 Å². The SMILES string of the molecule is O=C(CNC(=O)c1cccc2c1OCCO2)Nc1ccc(F)c(F)c1F. The van der Waals surface area contributed by atoms with E-state index in [1.165, 1.54) is 6.07 Å².